The van der Waals surface area contributed by atoms with E-state index in [-0.39, 0.29) is 30.6 Å². The van der Waals surface area contributed by atoms with Crippen LogP contribution in [0.4, 0.5) is 4.39 Å². The summed E-state index contributed by atoms with van der Waals surface area (Å²) < 4.78 is 24.0. The van der Waals surface area contributed by atoms with Gasteiger partial charge in [-0.1, -0.05) is 48.5 Å². The van der Waals surface area contributed by atoms with Gasteiger partial charge in [0.2, 0.25) is 11.8 Å². The molecule has 0 saturated heterocycles. The number of carbonyl (C=O) groups is 2. The van der Waals surface area contributed by atoms with Gasteiger partial charge in [0.05, 0.1) is 20.6 Å². The summed E-state index contributed by atoms with van der Waals surface area (Å²) in [6.07, 6.45) is 0.0673. The maximum Gasteiger partial charge on any atom is 0.242 e. The first-order valence-electron chi connectivity index (χ1n) is 11.0. The van der Waals surface area contributed by atoms with Gasteiger partial charge in [0.15, 0.2) is 11.5 Å². The molecule has 3 aromatic rings. The summed E-state index contributed by atoms with van der Waals surface area (Å²) in [5.41, 5.74) is 2.42. The normalized spacial score (nSPS) is 11.4. The third-order valence-corrected chi connectivity index (χ3v) is 5.55. The van der Waals surface area contributed by atoms with Crippen LogP contribution in [0.25, 0.3) is 0 Å². The third kappa shape index (κ3) is 6.57. The highest BCUT2D eigenvalue weighted by Crippen LogP contribution is 2.28. The highest BCUT2D eigenvalue weighted by atomic mass is 19.1. The average Bonchev–Trinajstić information content (AvgIpc) is 2.86. The first kappa shape index (κ1) is 24.8. The molecule has 0 fully saturated rings. The van der Waals surface area contributed by atoms with Crippen LogP contribution in [0.5, 0.6) is 11.5 Å². The molecule has 2 amide bonds. The van der Waals surface area contributed by atoms with Gasteiger partial charge in [0.25, 0.3) is 0 Å². The Balaban J connectivity index is 1.78. The van der Waals surface area contributed by atoms with Crippen molar-refractivity contribution in [2.24, 2.45) is 0 Å². The number of methoxy groups -OCH3 is 2. The number of hydrogen-bond donors (Lipinski definition) is 1. The smallest absolute Gasteiger partial charge is 0.242 e. The van der Waals surface area contributed by atoms with E-state index in [0.29, 0.717) is 18.0 Å². The maximum absolute atomic E-state index is 13.4. The van der Waals surface area contributed by atoms with Crippen LogP contribution >= 0.6 is 0 Å². The fourth-order valence-corrected chi connectivity index (χ4v) is 3.57. The second-order valence-electron chi connectivity index (χ2n) is 7.89. The Bertz CT molecular complexity index is 1100. The fourth-order valence-electron chi connectivity index (χ4n) is 3.57. The Kier molecular flexibility index (Phi) is 8.62. The lowest BCUT2D eigenvalue weighted by molar-refractivity contribution is -0.140. The van der Waals surface area contributed by atoms with Crippen molar-refractivity contribution in [2.75, 3.05) is 14.2 Å². The number of halogens is 1. The standard InChI is InChI=1S/C27H29FN2O4/c1-19(27(32)29-17-20-7-5-4-6-8-20)30(18-21-9-12-23(28)13-10-21)26(31)16-22-11-14-24(33-2)25(15-22)34-3/h4-15,19H,16-18H2,1-3H3,(H,29,32)/t19-/m0/s1. The molecule has 178 valence electrons. The zero-order chi connectivity index (χ0) is 24.5. The molecule has 0 aromatic heterocycles. The van der Waals surface area contributed by atoms with E-state index in [0.717, 1.165) is 16.7 Å². The van der Waals surface area contributed by atoms with Crippen LogP contribution in [0.15, 0.2) is 72.8 Å². The number of nitrogens with one attached hydrogen (secondary N) is 1. The van der Waals surface area contributed by atoms with E-state index in [1.54, 1.807) is 44.4 Å². The van der Waals surface area contributed by atoms with Crippen LogP contribution in [0.2, 0.25) is 0 Å². The second kappa shape index (κ2) is 11.8. The molecule has 0 unspecified atom stereocenters. The topological polar surface area (TPSA) is 67.9 Å². The zero-order valence-corrected chi connectivity index (χ0v) is 19.6. The highest BCUT2D eigenvalue weighted by molar-refractivity contribution is 5.88. The predicted molar refractivity (Wildman–Crippen MR) is 128 cm³/mol. The van der Waals surface area contributed by atoms with Crippen molar-refractivity contribution >= 4 is 11.8 Å². The molecular formula is C27H29FN2O4. The van der Waals surface area contributed by atoms with Gasteiger partial charge in [-0.3, -0.25) is 9.59 Å². The molecule has 3 aromatic carbocycles. The van der Waals surface area contributed by atoms with E-state index < -0.39 is 6.04 Å². The zero-order valence-electron chi connectivity index (χ0n) is 19.6. The predicted octanol–water partition coefficient (Wildman–Crippen LogP) is 4.12. The molecule has 34 heavy (non-hydrogen) atoms. The Morgan fingerprint density at radius 1 is 0.882 bits per heavy atom. The van der Waals surface area contributed by atoms with Gasteiger partial charge in [-0.05, 0) is 47.9 Å². The number of ether oxygens (including phenoxy) is 2. The van der Waals surface area contributed by atoms with Crippen LogP contribution in [-0.2, 0) is 29.1 Å². The molecule has 1 N–H and O–H groups in total. The number of hydrogen-bond acceptors (Lipinski definition) is 4. The maximum atomic E-state index is 13.4. The quantitative estimate of drug-likeness (QED) is 0.490. The first-order valence-corrected chi connectivity index (χ1v) is 11.0. The van der Waals surface area contributed by atoms with E-state index >= 15 is 0 Å². The molecule has 0 aliphatic rings. The van der Waals surface area contributed by atoms with Crippen molar-refractivity contribution in [3.05, 3.63) is 95.3 Å². The monoisotopic (exact) mass is 464 g/mol. The molecule has 0 spiro atoms. The van der Waals surface area contributed by atoms with Crippen molar-refractivity contribution < 1.29 is 23.5 Å². The van der Waals surface area contributed by atoms with E-state index in [4.69, 9.17) is 9.47 Å². The van der Waals surface area contributed by atoms with E-state index in [1.165, 1.54) is 24.1 Å². The molecule has 0 bridgehead atoms. The lowest BCUT2D eigenvalue weighted by atomic mass is 10.1. The molecule has 0 heterocycles. The van der Waals surface area contributed by atoms with Crippen LogP contribution in [0.1, 0.15) is 23.6 Å². The summed E-state index contributed by atoms with van der Waals surface area (Å²) in [7, 11) is 3.08. The van der Waals surface area contributed by atoms with E-state index in [9.17, 15) is 14.0 Å². The molecule has 6 nitrogen and oxygen atoms in total. The van der Waals surface area contributed by atoms with Crippen LogP contribution in [-0.4, -0.2) is 37.0 Å². The highest BCUT2D eigenvalue weighted by Gasteiger charge is 2.26. The second-order valence-corrected chi connectivity index (χ2v) is 7.89. The van der Waals surface area contributed by atoms with Crippen molar-refractivity contribution in [1.82, 2.24) is 10.2 Å². The summed E-state index contributed by atoms with van der Waals surface area (Å²) in [6.45, 7) is 2.22. The summed E-state index contributed by atoms with van der Waals surface area (Å²) in [6, 6.07) is 20.0. The van der Waals surface area contributed by atoms with Gasteiger partial charge in [-0.2, -0.15) is 0 Å². The SMILES string of the molecule is COc1ccc(CC(=O)N(Cc2ccc(F)cc2)[C@@H](C)C(=O)NCc2ccccc2)cc1OC. The molecule has 0 aliphatic heterocycles. The lowest BCUT2D eigenvalue weighted by Gasteiger charge is -2.29. The molecule has 1 atom stereocenters. The Morgan fingerprint density at radius 3 is 2.18 bits per heavy atom. The molecule has 7 heteroatoms. The number of nitrogens with zero attached hydrogens (tertiary/aromatic N) is 1. The summed E-state index contributed by atoms with van der Waals surface area (Å²) in [5.74, 6) is 0.216. The largest absolute Gasteiger partial charge is 0.493 e. The first-order chi connectivity index (χ1) is 16.4. The van der Waals surface area contributed by atoms with Crippen LogP contribution in [0.3, 0.4) is 0 Å². The minimum absolute atomic E-state index is 0.0673. The Labute approximate surface area is 199 Å². The van der Waals surface area contributed by atoms with Gasteiger partial charge >= 0.3 is 0 Å². The number of carbonyl (C=O) groups excluding carboxylic acids is 2. The van der Waals surface area contributed by atoms with Gasteiger partial charge < -0.3 is 19.7 Å². The molecule has 3 rings (SSSR count). The lowest BCUT2D eigenvalue weighted by Crippen LogP contribution is -2.48. The van der Waals surface area contributed by atoms with Gasteiger partial charge in [0.1, 0.15) is 11.9 Å². The summed E-state index contributed by atoms with van der Waals surface area (Å²) >= 11 is 0. The van der Waals surface area contributed by atoms with Crippen molar-refractivity contribution in [2.45, 2.75) is 32.5 Å². The van der Waals surface area contributed by atoms with E-state index in [1.807, 2.05) is 30.3 Å². The molecule has 0 saturated carbocycles. The Hall–Kier alpha value is -3.87. The van der Waals surface area contributed by atoms with Crippen LogP contribution < -0.4 is 14.8 Å². The number of benzene rings is 3. The summed E-state index contributed by atoms with van der Waals surface area (Å²) in [4.78, 5) is 27.8. The van der Waals surface area contributed by atoms with Crippen LogP contribution in [0, 0.1) is 5.82 Å². The minimum atomic E-state index is -0.735. The Morgan fingerprint density at radius 2 is 1.53 bits per heavy atom. The third-order valence-electron chi connectivity index (χ3n) is 5.55. The molecular weight excluding hydrogens is 435 g/mol. The molecule has 0 radical (unpaired) electrons. The fraction of sp³-hybridized carbons (Fsp3) is 0.259. The van der Waals surface area contributed by atoms with Gasteiger partial charge in [-0.15, -0.1) is 0 Å². The van der Waals surface area contributed by atoms with Gasteiger partial charge in [0, 0.05) is 13.1 Å². The van der Waals surface area contributed by atoms with Crippen molar-refractivity contribution in [3.8, 4) is 11.5 Å². The summed E-state index contributed by atoms with van der Waals surface area (Å²) in [5, 5.41) is 2.90. The molecule has 0 aliphatic carbocycles. The van der Waals surface area contributed by atoms with Gasteiger partial charge in [-0.25, -0.2) is 4.39 Å². The van der Waals surface area contributed by atoms with E-state index in [2.05, 4.69) is 5.32 Å². The van der Waals surface area contributed by atoms with Crippen molar-refractivity contribution in [3.63, 3.8) is 0 Å². The number of rotatable bonds is 10. The van der Waals surface area contributed by atoms with Crippen molar-refractivity contribution in [1.29, 1.82) is 0 Å². The average molecular weight is 465 g/mol. The number of amides is 2. The minimum Gasteiger partial charge on any atom is -0.493 e.